The van der Waals surface area contributed by atoms with Crippen LogP contribution in [0.15, 0.2) is 55.2 Å². The van der Waals surface area contributed by atoms with E-state index >= 15 is 0 Å². The molecule has 126 valence electrons. The van der Waals surface area contributed by atoms with Crippen LogP contribution in [0.1, 0.15) is 10.4 Å². The highest BCUT2D eigenvalue weighted by Crippen LogP contribution is 2.17. The van der Waals surface area contributed by atoms with E-state index in [-0.39, 0.29) is 5.15 Å². The molecule has 3 rings (SSSR count). The van der Waals surface area contributed by atoms with Crippen molar-refractivity contribution in [2.24, 2.45) is 0 Å². The number of carbonyl (C=O) groups is 2. The van der Waals surface area contributed by atoms with Crippen LogP contribution in [0.2, 0.25) is 5.15 Å². The predicted molar refractivity (Wildman–Crippen MR) is 89.5 cm³/mol. The molecule has 0 aliphatic carbocycles. The van der Waals surface area contributed by atoms with Gasteiger partial charge in [-0.1, -0.05) is 11.6 Å². The van der Waals surface area contributed by atoms with Gasteiger partial charge in [0.2, 0.25) is 0 Å². The van der Waals surface area contributed by atoms with Crippen LogP contribution < -0.4 is 5.32 Å². The van der Waals surface area contributed by atoms with E-state index in [0.717, 1.165) is 5.69 Å². The number of ether oxygens (including phenoxy) is 1. The number of hydrogen-bond donors (Lipinski definition) is 1. The summed E-state index contributed by atoms with van der Waals surface area (Å²) in [4.78, 5) is 31.5. The number of anilines is 1. The molecule has 1 amide bonds. The van der Waals surface area contributed by atoms with Crippen LogP contribution in [0.3, 0.4) is 0 Å². The number of aromatic nitrogens is 4. The number of benzene rings is 1. The minimum atomic E-state index is -0.613. The zero-order valence-electron chi connectivity index (χ0n) is 12.8. The Morgan fingerprint density at radius 1 is 1.20 bits per heavy atom. The smallest absolute Gasteiger partial charge is 0.338 e. The second-order valence-corrected chi connectivity index (χ2v) is 5.21. The number of rotatable bonds is 5. The van der Waals surface area contributed by atoms with Gasteiger partial charge in [-0.3, -0.25) is 4.79 Å². The lowest BCUT2D eigenvalue weighted by Crippen LogP contribution is -2.21. The van der Waals surface area contributed by atoms with Crippen LogP contribution in [0.5, 0.6) is 0 Å². The Morgan fingerprint density at radius 2 is 2.00 bits per heavy atom. The van der Waals surface area contributed by atoms with Crippen molar-refractivity contribution < 1.29 is 14.3 Å². The van der Waals surface area contributed by atoms with Gasteiger partial charge in [-0.15, -0.1) is 0 Å². The van der Waals surface area contributed by atoms with E-state index in [1.54, 1.807) is 47.4 Å². The molecule has 9 heteroatoms. The lowest BCUT2D eigenvalue weighted by atomic mass is 10.2. The third-order valence-electron chi connectivity index (χ3n) is 3.15. The van der Waals surface area contributed by atoms with Gasteiger partial charge in [0.15, 0.2) is 11.8 Å². The van der Waals surface area contributed by atoms with Crippen molar-refractivity contribution in [3.05, 3.63) is 66.0 Å². The number of esters is 1. The number of nitrogens with zero attached hydrogens (tertiary/aromatic N) is 4. The monoisotopic (exact) mass is 357 g/mol. The van der Waals surface area contributed by atoms with Gasteiger partial charge < -0.3 is 10.1 Å². The molecule has 0 atom stereocenters. The molecular formula is C16H12ClN5O3. The van der Waals surface area contributed by atoms with E-state index in [2.05, 4.69) is 20.4 Å². The van der Waals surface area contributed by atoms with Gasteiger partial charge in [-0.05, 0) is 36.4 Å². The molecule has 0 aliphatic rings. The molecule has 0 spiro atoms. The molecular weight excluding hydrogens is 346 g/mol. The van der Waals surface area contributed by atoms with Gasteiger partial charge in [-0.2, -0.15) is 5.10 Å². The molecule has 1 N–H and O–H groups in total. The molecule has 25 heavy (non-hydrogen) atoms. The number of amides is 1. The molecule has 0 radical (unpaired) electrons. The fraction of sp³-hybridized carbons (Fsp3) is 0.0625. The summed E-state index contributed by atoms with van der Waals surface area (Å²) in [6.45, 7) is -0.436. The van der Waals surface area contributed by atoms with Crippen molar-refractivity contribution in [2.75, 3.05) is 11.9 Å². The largest absolute Gasteiger partial charge is 0.452 e. The summed E-state index contributed by atoms with van der Waals surface area (Å²) in [6, 6.07) is 9.77. The Labute approximate surface area is 147 Å². The van der Waals surface area contributed by atoms with E-state index in [0.29, 0.717) is 11.3 Å². The molecule has 0 fully saturated rings. The van der Waals surface area contributed by atoms with Crippen molar-refractivity contribution in [2.45, 2.75) is 0 Å². The zero-order chi connectivity index (χ0) is 17.6. The van der Waals surface area contributed by atoms with Gasteiger partial charge in [0.25, 0.3) is 5.91 Å². The van der Waals surface area contributed by atoms with Crippen molar-refractivity contribution in [1.82, 2.24) is 19.7 Å². The molecule has 3 aromatic rings. The van der Waals surface area contributed by atoms with Gasteiger partial charge in [0, 0.05) is 6.20 Å². The van der Waals surface area contributed by atoms with Crippen LogP contribution in [0, 0.1) is 0 Å². The molecule has 0 aliphatic heterocycles. The van der Waals surface area contributed by atoms with Crippen molar-refractivity contribution in [3.63, 3.8) is 0 Å². The van der Waals surface area contributed by atoms with Crippen LogP contribution in [-0.4, -0.2) is 38.2 Å². The van der Waals surface area contributed by atoms with E-state index in [4.69, 9.17) is 16.3 Å². The summed E-state index contributed by atoms with van der Waals surface area (Å²) in [5.41, 5.74) is 1.41. The maximum absolute atomic E-state index is 12.0. The normalized spacial score (nSPS) is 10.3. The van der Waals surface area contributed by atoms with Gasteiger partial charge >= 0.3 is 5.97 Å². The minimum absolute atomic E-state index is 0.158. The van der Waals surface area contributed by atoms with Crippen LogP contribution >= 0.6 is 11.6 Å². The first-order valence-electron chi connectivity index (χ1n) is 7.16. The number of nitrogens with one attached hydrogen (secondary N) is 1. The first-order chi connectivity index (χ1) is 12.1. The van der Waals surface area contributed by atoms with Gasteiger partial charge in [0.05, 0.1) is 16.9 Å². The topological polar surface area (TPSA) is 99.0 Å². The summed E-state index contributed by atoms with van der Waals surface area (Å²) < 4.78 is 6.54. The standard InChI is InChI=1S/C16H12ClN5O3/c17-15-13(2-1-7-19-15)21-14(23)8-25-16(24)11-3-5-12(6-4-11)22-10-18-9-20-22/h1-7,9-10H,8H2,(H,21,23). The van der Waals surface area contributed by atoms with Crippen LogP contribution in [0.25, 0.3) is 5.69 Å². The molecule has 1 aromatic carbocycles. The van der Waals surface area contributed by atoms with Crippen LogP contribution in [-0.2, 0) is 9.53 Å². The highest BCUT2D eigenvalue weighted by Gasteiger charge is 2.12. The van der Waals surface area contributed by atoms with Crippen molar-refractivity contribution >= 4 is 29.2 Å². The molecule has 0 saturated heterocycles. The molecule has 0 unspecified atom stereocenters. The Morgan fingerprint density at radius 3 is 2.68 bits per heavy atom. The molecule has 2 heterocycles. The zero-order valence-corrected chi connectivity index (χ0v) is 13.6. The van der Waals surface area contributed by atoms with Crippen molar-refractivity contribution in [3.8, 4) is 5.69 Å². The summed E-state index contributed by atoms with van der Waals surface area (Å²) in [6.07, 6.45) is 4.46. The Kier molecular flexibility index (Phi) is 5.00. The molecule has 0 bridgehead atoms. The molecule has 8 nitrogen and oxygen atoms in total. The summed E-state index contributed by atoms with van der Waals surface area (Å²) in [5.74, 6) is -1.12. The third kappa shape index (κ3) is 4.18. The van der Waals surface area contributed by atoms with E-state index in [9.17, 15) is 9.59 Å². The lowest BCUT2D eigenvalue weighted by Gasteiger charge is -2.08. The van der Waals surface area contributed by atoms with Crippen LogP contribution in [0.4, 0.5) is 5.69 Å². The number of hydrogen-bond acceptors (Lipinski definition) is 6. The van der Waals surface area contributed by atoms with Gasteiger partial charge in [-0.25, -0.2) is 19.4 Å². The lowest BCUT2D eigenvalue weighted by molar-refractivity contribution is -0.119. The van der Waals surface area contributed by atoms with E-state index in [1.165, 1.54) is 12.5 Å². The predicted octanol–water partition coefficient (Wildman–Crippen LogP) is 2.11. The Balaban J connectivity index is 1.55. The second-order valence-electron chi connectivity index (χ2n) is 4.85. The number of halogens is 1. The van der Waals surface area contributed by atoms with E-state index in [1.807, 2.05) is 0 Å². The van der Waals surface area contributed by atoms with E-state index < -0.39 is 18.5 Å². The number of carbonyl (C=O) groups excluding carboxylic acids is 2. The summed E-state index contributed by atoms with van der Waals surface area (Å²) in [7, 11) is 0. The maximum Gasteiger partial charge on any atom is 0.338 e. The average molecular weight is 358 g/mol. The molecule has 0 saturated carbocycles. The average Bonchev–Trinajstić information content (AvgIpc) is 3.16. The number of pyridine rings is 1. The second kappa shape index (κ2) is 7.54. The van der Waals surface area contributed by atoms with Gasteiger partial charge in [0.1, 0.15) is 12.7 Å². The summed E-state index contributed by atoms with van der Waals surface area (Å²) in [5, 5.41) is 6.66. The maximum atomic E-state index is 12.0. The SMILES string of the molecule is O=C(COC(=O)c1ccc(-n2cncn2)cc1)Nc1cccnc1Cl. The third-order valence-corrected chi connectivity index (χ3v) is 3.46. The highest BCUT2D eigenvalue weighted by atomic mass is 35.5. The quantitative estimate of drug-likeness (QED) is 0.554. The summed E-state index contributed by atoms with van der Waals surface area (Å²) >= 11 is 5.84. The highest BCUT2D eigenvalue weighted by molar-refractivity contribution is 6.32. The first kappa shape index (κ1) is 16.6. The molecule has 2 aromatic heterocycles. The van der Waals surface area contributed by atoms with Crippen molar-refractivity contribution in [1.29, 1.82) is 0 Å². The Hall–Kier alpha value is -3.26. The Bertz CT molecular complexity index is 881. The minimum Gasteiger partial charge on any atom is -0.452 e. The fourth-order valence-electron chi connectivity index (χ4n) is 1.97. The fourth-order valence-corrected chi connectivity index (χ4v) is 2.14. The first-order valence-corrected chi connectivity index (χ1v) is 7.54.